The van der Waals surface area contributed by atoms with Gasteiger partial charge in [0.2, 0.25) is 0 Å². The molecule has 1 unspecified atom stereocenters. The Labute approximate surface area is 110 Å². The van der Waals surface area contributed by atoms with Crippen molar-refractivity contribution in [2.45, 2.75) is 23.7 Å². The van der Waals surface area contributed by atoms with Gasteiger partial charge in [-0.3, -0.25) is 0 Å². The summed E-state index contributed by atoms with van der Waals surface area (Å²) in [6.07, 6.45) is 3.42. The lowest BCUT2D eigenvalue weighted by atomic mass is 10.3. The minimum absolute atomic E-state index is 0.118. The Morgan fingerprint density at radius 1 is 1.56 bits per heavy atom. The van der Waals surface area contributed by atoms with Crippen molar-refractivity contribution in [3.05, 3.63) is 0 Å². The molecule has 1 aliphatic heterocycles. The molecule has 2 N–H and O–H groups in total. The normalized spacial score (nSPS) is 25.6. The van der Waals surface area contributed by atoms with Gasteiger partial charge in [0.15, 0.2) is 6.10 Å². The Bertz CT molecular complexity index is 346. The molecule has 1 aliphatic carbocycles. The summed E-state index contributed by atoms with van der Waals surface area (Å²) < 4.78 is 5.29. The van der Waals surface area contributed by atoms with Gasteiger partial charge < -0.3 is 20.1 Å². The molecule has 0 aromatic carbocycles. The maximum Gasteiger partial charge on any atom is 0.334 e. The molecule has 6 nitrogen and oxygen atoms in total. The van der Waals surface area contributed by atoms with E-state index in [1.165, 1.54) is 4.90 Å². The number of carbonyl (C=O) groups excluding carboxylic acids is 1. The van der Waals surface area contributed by atoms with Crippen molar-refractivity contribution in [2.75, 3.05) is 32.5 Å². The number of rotatable bonds is 4. The van der Waals surface area contributed by atoms with Gasteiger partial charge in [0.05, 0.1) is 13.2 Å². The van der Waals surface area contributed by atoms with Crippen LogP contribution in [0, 0.1) is 0 Å². The highest BCUT2D eigenvalue weighted by atomic mass is 32.2. The van der Waals surface area contributed by atoms with Gasteiger partial charge in [-0.05, 0) is 19.1 Å². The van der Waals surface area contributed by atoms with E-state index in [0.717, 1.165) is 12.8 Å². The van der Waals surface area contributed by atoms with Crippen LogP contribution < -0.4 is 5.32 Å². The molecule has 1 atom stereocenters. The van der Waals surface area contributed by atoms with Crippen LogP contribution in [-0.4, -0.2) is 65.4 Å². The van der Waals surface area contributed by atoms with E-state index in [9.17, 15) is 9.59 Å². The Balaban J connectivity index is 1.79. The first-order valence-corrected chi connectivity index (χ1v) is 7.21. The Morgan fingerprint density at radius 2 is 2.28 bits per heavy atom. The van der Waals surface area contributed by atoms with E-state index in [2.05, 4.69) is 5.32 Å². The van der Waals surface area contributed by atoms with E-state index in [0.29, 0.717) is 13.1 Å². The first kappa shape index (κ1) is 13.5. The number of hydrogen-bond acceptors (Lipinski definition) is 4. The lowest BCUT2D eigenvalue weighted by molar-refractivity contribution is -0.154. The number of ether oxygens (including phenoxy) is 1. The van der Waals surface area contributed by atoms with E-state index in [1.54, 1.807) is 11.8 Å². The standard InChI is InChI=1S/C11H18N2O4S/c1-18-11(2-3-11)7-12-10(16)13-4-5-17-8(6-13)9(14)15/h8H,2-7H2,1H3,(H,12,16)(H,14,15). The molecule has 0 aromatic rings. The van der Waals surface area contributed by atoms with Crippen LogP contribution in [0.15, 0.2) is 0 Å². The summed E-state index contributed by atoms with van der Waals surface area (Å²) in [4.78, 5) is 24.2. The molecule has 18 heavy (non-hydrogen) atoms. The second-order valence-corrected chi connectivity index (χ2v) is 5.96. The monoisotopic (exact) mass is 274 g/mol. The Morgan fingerprint density at radius 3 is 2.83 bits per heavy atom. The van der Waals surface area contributed by atoms with Crippen LogP contribution in [0.1, 0.15) is 12.8 Å². The summed E-state index contributed by atoms with van der Waals surface area (Å²) in [5.41, 5.74) is 0. The zero-order valence-electron chi connectivity index (χ0n) is 10.3. The van der Waals surface area contributed by atoms with Gasteiger partial charge in [-0.1, -0.05) is 0 Å². The topological polar surface area (TPSA) is 78.9 Å². The minimum Gasteiger partial charge on any atom is -0.479 e. The third-order valence-corrected chi connectivity index (χ3v) is 4.85. The summed E-state index contributed by atoms with van der Waals surface area (Å²) in [6, 6.07) is -0.190. The van der Waals surface area contributed by atoms with Gasteiger partial charge in [-0.25, -0.2) is 9.59 Å². The molecule has 2 rings (SSSR count). The predicted molar refractivity (Wildman–Crippen MR) is 67.8 cm³/mol. The molecular weight excluding hydrogens is 256 g/mol. The molecule has 0 radical (unpaired) electrons. The number of carbonyl (C=O) groups is 2. The van der Waals surface area contributed by atoms with Crippen LogP contribution in [0.5, 0.6) is 0 Å². The predicted octanol–water partition coefficient (Wildman–Crippen LogP) is 0.377. The zero-order valence-corrected chi connectivity index (χ0v) is 11.2. The number of thioether (sulfide) groups is 1. The number of urea groups is 1. The second-order valence-electron chi connectivity index (χ2n) is 4.69. The fourth-order valence-electron chi connectivity index (χ4n) is 1.92. The smallest absolute Gasteiger partial charge is 0.334 e. The molecule has 2 aliphatic rings. The summed E-state index contributed by atoms with van der Waals surface area (Å²) >= 11 is 1.78. The van der Waals surface area contributed by atoms with Gasteiger partial charge in [0.1, 0.15) is 0 Å². The van der Waals surface area contributed by atoms with Gasteiger partial charge in [-0.15, -0.1) is 0 Å². The number of carboxylic acid groups (broad SMARTS) is 1. The molecule has 7 heteroatoms. The van der Waals surface area contributed by atoms with Gasteiger partial charge >= 0.3 is 12.0 Å². The molecule has 0 aromatic heterocycles. The maximum absolute atomic E-state index is 11.9. The molecule has 0 bridgehead atoms. The van der Waals surface area contributed by atoms with Crippen molar-refractivity contribution in [1.29, 1.82) is 0 Å². The van der Waals surface area contributed by atoms with Crippen LogP contribution in [0.3, 0.4) is 0 Å². The van der Waals surface area contributed by atoms with E-state index in [1.807, 2.05) is 6.26 Å². The van der Waals surface area contributed by atoms with E-state index < -0.39 is 12.1 Å². The first-order valence-electron chi connectivity index (χ1n) is 5.99. The summed E-state index contributed by atoms with van der Waals surface area (Å²) in [5.74, 6) is -1.02. The average Bonchev–Trinajstić information content (AvgIpc) is 3.17. The number of nitrogens with one attached hydrogen (secondary N) is 1. The number of aliphatic carboxylic acids is 1. The SMILES string of the molecule is CSC1(CNC(=O)N2CCOC(C(=O)O)C2)CC1. The van der Waals surface area contributed by atoms with Crippen LogP contribution in [-0.2, 0) is 9.53 Å². The lowest BCUT2D eigenvalue weighted by Gasteiger charge is -2.31. The van der Waals surface area contributed by atoms with Crippen molar-refractivity contribution in [2.24, 2.45) is 0 Å². The van der Waals surface area contributed by atoms with Crippen molar-refractivity contribution in [1.82, 2.24) is 10.2 Å². The molecule has 1 heterocycles. The fraction of sp³-hybridized carbons (Fsp3) is 0.818. The number of amides is 2. The third kappa shape index (κ3) is 3.08. The third-order valence-electron chi connectivity index (χ3n) is 3.43. The van der Waals surface area contributed by atoms with E-state index in [4.69, 9.17) is 9.84 Å². The quantitative estimate of drug-likeness (QED) is 0.774. The van der Waals surface area contributed by atoms with Crippen LogP contribution in [0.4, 0.5) is 4.79 Å². The van der Waals surface area contributed by atoms with Gasteiger partial charge in [0, 0.05) is 17.8 Å². The number of morpholine rings is 1. The van der Waals surface area contributed by atoms with Crippen molar-refractivity contribution in [3.8, 4) is 0 Å². The van der Waals surface area contributed by atoms with Gasteiger partial charge in [0.25, 0.3) is 0 Å². The molecule has 1 saturated heterocycles. The Hall–Kier alpha value is -0.950. The van der Waals surface area contributed by atoms with Crippen molar-refractivity contribution in [3.63, 3.8) is 0 Å². The average molecular weight is 274 g/mol. The van der Waals surface area contributed by atoms with Gasteiger partial charge in [-0.2, -0.15) is 11.8 Å². The number of carboxylic acids is 1. The van der Waals surface area contributed by atoms with Crippen molar-refractivity contribution >= 4 is 23.8 Å². The van der Waals surface area contributed by atoms with E-state index >= 15 is 0 Å². The highest BCUT2D eigenvalue weighted by Crippen LogP contribution is 2.46. The molecular formula is C11H18N2O4S. The minimum atomic E-state index is -1.02. The fourth-order valence-corrected chi connectivity index (χ4v) is 2.65. The maximum atomic E-state index is 11.9. The summed E-state index contributed by atoms with van der Waals surface area (Å²) in [5, 5.41) is 11.7. The highest BCUT2D eigenvalue weighted by Gasteiger charge is 2.42. The number of nitrogens with zero attached hydrogens (tertiary/aromatic N) is 1. The highest BCUT2D eigenvalue weighted by molar-refractivity contribution is 8.00. The lowest BCUT2D eigenvalue weighted by Crippen LogP contribution is -2.52. The molecule has 102 valence electrons. The second kappa shape index (κ2) is 5.36. The Kier molecular flexibility index (Phi) is 4.01. The summed E-state index contributed by atoms with van der Waals surface area (Å²) in [6.45, 7) is 1.50. The van der Waals surface area contributed by atoms with Crippen LogP contribution >= 0.6 is 11.8 Å². The van der Waals surface area contributed by atoms with Crippen molar-refractivity contribution < 1.29 is 19.4 Å². The molecule has 2 fully saturated rings. The summed E-state index contributed by atoms with van der Waals surface area (Å²) in [7, 11) is 0. The van der Waals surface area contributed by atoms with E-state index in [-0.39, 0.29) is 23.9 Å². The molecule has 1 saturated carbocycles. The first-order chi connectivity index (χ1) is 8.56. The van der Waals surface area contributed by atoms with Crippen LogP contribution in [0.25, 0.3) is 0 Å². The largest absolute Gasteiger partial charge is 0.479 e. The number of hydrogen-bond donors (Lipinski definition) is 2. The van der Waals surface area contributed by atoms with Crippen LogP contribution in [0.2, 0.25) is 0 Å². The molecule has 0 spiro atoms. The zero-order chi connectivity index (χ0) is 13.2. The molecule has 2 amide bonds.